The van der Waals surface area contributed by atoms with Gasteiger partial charge in [0, 0.05) is 26.2 Å². The lowest BCUT2D eigenvalue weighted by molar-refractivity contribution is 0.624. The van der Waals surface area contributed by atoms with E-state index in [1.54, 1.807) is 5.57 Å². The van der Waals surface area contributed by atoms with E-state index in [1.807, 2.05) is 0 Å². The zero-order chi connectivity index (χ0) is 17.3. The molecular weight excluding hydrogens is 436 g/mol. The zero-order valence-electron chi connectivity index (χ0n) is 14.4. The van der Waals surface area contributed by atoms with Crippen molar-refractivity contribution in [2.24, 2.45) is 11.8 Å². The molecule has 2 unspecified atom stereocenters. The van der Waals surface area contributed by atoms with Crippen LogP contribution in [0.1, 0.15) is 42.5 Å². The van der Waals surface area contributed by atoms with Crippen LogP contribution in [-0.4, -0.2) is 0 Å². The molecule has 0 saturated carbocycles. The van der Waals surface area contributed by atoms with Crippen LogP contribution in [0.5, 0.6) is 0 Å². The number of allylic oxidation sites excluding steroid dienone is 9. The van der Waals surface area contributed by atoms with Crippen molar-refractivity contribution in [3.05, 3.63) is 79.3 Å². The third-order valence-electron chi connectivity index (χ3n) is 6.24. The first-order valence-corrected chi connectivity index (χ1v) is 10.6. The van der Waals surface area contributed by atoms with Crippen molar-refractivity contribution in [3.63, 3.8) is 0 Å². The molecule has 126 valence electrons. The van der Waals surface area contributed by atoms with E-state index in [-0.39, 0.29) is 5.41 Å². The van der Waals surface area contributed by atoms with E-state index in [1.165, 1.54) is 36.8 Å². The van der Waals surface area contributed by atoms with Gasteiger partial charge in [0.05, 0.1) is 0 Å². The van der Waals surface area contributed by atoms with Crippen molar-refractivity contribution in [2.45, 2.75) is 32.1 Å². The van der Waals surface area contributed by atoms with Gasteiger partial charge in [0.15, 0.2) is 0 Å². The van der Waals surface area contributed by atoms with Gasteiger partial charge in [-0.1, -0.05) is 82.2 Å². The van der Waals surface area contributed by atoms with Crippen molar-refractivity contribution in [1.82, 2.24) is 0 Å². The van der Waals surface area contributed by atoms with E-state index in [0.29, 0.717) is 11.8 Å². The van der Waals surface area contributed by atoms with Crippen LogP contribution < -0.4 is 0 Å². The van der Waals surface area contributed by atoms with Crippen LogP contribution in [0.2, 0.25) is 0 Å². The Kier molecular flexibility index (Phi) is 3.50. The van der Waals surface area contributed by atoms with Crippen molar-refractivity contribution < 1.29 is 0 Å². The standard InChI is InChI=1S/C23H20Br2/c1-23(2)17-11-19(24)13-7-3-5-9-15(13)21(17)22-16-10-6-4-8-14(16)20(25)12-18(22)23/h3,5-7,9-13,15H,4,8H2,1-2H3. The highest BCUT2D eigenvalue weighted by molar-refractivity contribution is 9.11. The summed E-state index contributed by atoms with van der Waals surface area (Å²) in [4.78, 5) is 0. The summed E-state index contributed by atoms with van der Waals surface area (Å²) in [5.41, 5.74) is 8.95. The fourth-order valence-corrected chi connectivity index (χ4v) is 6.27. The van der Waals surface area contributed by atoms with Crippen molar-refractivity contribution in [2.75, 3.05) is 0 Å². The minimum Gasteiger partial charge on any atom is -0.0836 e. The smallest absolute Gasteiger partial charge is 0.0216 e. The Morgan fingerprint density at radius 1 is 1.08 bits per heavy atom. The molecule has 0 heterocycles. The fraction of sp³-hybridized carbons (Fsp3) is 0.304. The lowest BCUT2D eigenvalue weighted by atomic mass is 9.73. The van der Waals surface area contributed by atoms with Crippen LogP contribution in [0.4, 0.5) is 0 Å². The molecule has 0 aromatic heterocycles. The van der Waals surface area contributed by atoms with Crippen molar-refractivity contribution in [3.8, 4) is 0 Å². The Bertz CT molecular complexity index is 951. The lowest BCUT2D eigenvalue weighted by Gasteiger charge is -2.33. The SMILES string of the molecule is CC1(C)C2=C(c3c1cc(Br)c1c3C=CCC1)C1C=CC=CC1C(Br)=C2. The predicted octanol–water partition coefficient (Wildman–Crippen LogP) is 7.10. The molecule has 0 spiro atoms. The third kappa shape index (κ3) is 2.10. The Balaban J connectivity index is 1.86. The van der Waals surface area contributed by atoms with Crippen LogP contribution in [0.15, 0.2) is 57.1 Å². The molecule has 0 N–H and O–H groups in total. The van der Waals surface area contributed by atoms with E-state index in [9.17, 15) is 0 Å². The Morgan fingerprint density at radius 2 is 1.84 bits per heavy atom. The second kappa shape index (κ2) is 5.44. The number of hydrogen-bond acceptors (Lipinski definition) is 0. The van der Waals surface area contributed by atoms with Crippen LogP contribution >= 0.6 is 31.9 Å². The molecule has 2 heteroatoms. The highest BCUT2D eigenvalue weighted by atomic mass is 79.9. The van der Waals surface area contributed by atoms with Gasteiger partial charge in [-0.15, -0.1) is 0 Å². The first kappa shape index (κ1) is 16.1. The van der Waals surface area contributed by atoms with Gasteiger partial charge in [-0.05, 0) is 58.4 Å². The van der Waals surface area contributed by atoms with Crippen LogP contribution in [0.3, 0.4) is 0 Å². The highest BCUT2D eigenvalue weighted by Gasteiger charge is 2.45. The average molecular weight is 456 g/mol. The Labute approximate surface area is 166 Å². The maximum atomic E-state index is 3.87. The summed E-state index contributed by atoms with van der Waals surface area (Å²) in [6.07, 6.45) is 18.5. The maximum Gasteiger partial charge on any atom is 0.0216 e. The predicted molar refractivity (Wildman–Crippen MR) is 114 cm³/mol. The number of hydrogen-bond donors (Lipinski definition) is 0. The molecule has 0 saturated heterocycles. The summed E-state index contributed by atoms with van der Waals surface area (Å²) in [5, 5.41) is 0. The molecule has 25 heavy (non-hydrogen) atoms. The van der Waals surface area contributed by atoms with Crippen LogP contribution in [0.25, 0.3) is 11.6 Å². The van der Waals surface area contributed by atoms with E-state index < -0.39 is 0 Å². The van der Waals surface area contributed by atoms with Crippen molar-refractivity contribution in [1.29, 1.82) is 0 Å². The third-order valence-corrected chi connectivity index (χ3v) is 7.71. The van der Waals surface area contributed by atoms with Gasteiger partial charge in [-0.25, -0.2) is 0 Å². The molecule has 5 rings (SSSR count). The molecule has 0 fully saturated rings. The molecule has 1 aromatic carbocycles. The van der Waals surface area contributed by atoms with E-state index in [2.05, 4.69) is 94.3 Å². The molecule has 0 nitrogen and oxygen atoms in total. The molecule has 2 atom stereocenters. The van der Waals surface area contributed by atoms with Crippen molar-refractivity contribution >= 4 is 43.5 Å². The Morgan fingerprint density at radius 3 is 2.64 bits per heavy atom. The van der Waals surface area contributed by atoms with Gasteiger partial charge in [0.25, 0.3) is 0 Å². The van der Waals surface area contributed by atoms with Gasteiger partial charge in [-0.3, -0.25) is 0 Å². The summed E-state index contributed by atoms with van der Waals surface area (Å²) in [6, 6.07) is 2.39. The van der Waals surface area contributed by atoms with Gasteiger partial charge >= 0.3 is 0 Å². The summed E-state index contributed by atoms with van der Waals surface area (Å²) < 4.78 is 2.58. The lowest BCUT2D eigenvalue weighted by Crippen LogP contribution is -2.22. The summed E-state index contributed by atoms with van der Waals surface area (Å²) >= 11 is 7.74. The van der Waals surface area contributed by atoms with Crippen LogP contribution in [0, 0.1) is 11.8 Å². The maximum absolute atomic E-state index is 3.87. The van der Waals surface area contributed by atoms with E-state index in [4.69, 9.17) is 0 Å². The second-order valence-corrected chi connectivity index (χ2v) is 9.69. The number of rotatable bonds is 0. The summed E-state index contributed by atoms with van der Waals surface area (Å²) in [7, 11) is 0. The Hall–Kier alpha value is -1.12. The minimum atomic E-state index is 0.0342. The van der Waals surface area contributed by atoms with Gasteiger partial charge in [-0.2, -0.15) is 0 Å². The molecule has 4 aliphatic carbocycles. The summed E-state index contributed by atoms with van der Waals surface area (Å²) in [5.74, 6) is 0.859. The topological polar surface area (TPSA) is 0 Å². The second-order valence-electron chi connectivity index (χ2n) is 7.92. The van der Waals surface area contributed by atoms with Gasteiger partial charge < -0.3 is 0 Å². The largest absolute Gasteiger partial charge is 0.0836 e. The number of benzene rings is 1. The average Bonchev–Trinajstić information content (AvgIpc) is 2.84. The molecule has 0 radical (unpaired) electrons. The van der Waals surface area contributed by atoms with Gasteiger partial charge in [0.2, 0.25) is 0 Å². The number of halogens is 2. The molecule has 0 bridgehead atoms. The molecular formula is C23H20Br2. The molecule has 0 amide bonds. The number of fused-ring (bicyclic) bond motifs is 6. The molecule has 4 aliphatic rings. The first-order chi connectivity index (χ1) is 12.0. The first-order valence-electron chi connectivity index (χ1n) is 8.99. The zero-order valence-corrected chi connectivity index (χ0v) is 17.6. The highest BCUT2D eigenvalue weighted by Crippen LogP contribution is 2.58. The van der Waals surface area contributed by atoms with Gasteiger partial charge in [0.1, 0.15) is 0 Å². The molecule has 1 aromatic rings. The van der Waals surface area contributed by atoms with Crippen LogP contribution in [-0.2, 0) is 11.8 Å². The van der Waals surface area contributed by atoms with E-state index >= 15 is 0 Å². The molecule has 0 aliphatic heterocycles. The minimum absolute atomic E-state index is 0.0342. The normalized spacial score (nSPS) is 27.6. The monoisotopic (exact) mass is 454 g/mol. The quantitative estimate of drug-likeness (QED) is 0.391. The fourth-order valence-electron chi connectivity index (χ4n) is 4.96. The van der Waals surface area contributed by atoms with E-state index in [0.717, 1.165) is 12.8 Å². The summed E-state index contributed by atoms with van der Waals surface area (Å²) in [6.45, 7) is 4.75.